The summed E-state index contributed by atoms with van der Waals surface area (Å²) in [7, 11) is 0. The van der Waals surface area contributed by atoms with Gasteiger partial charge in [-0.2, -0.15) is 0 Å². The van der Waals surface area contributed by atoms with E-state index in [0.29, 0.717) is 6.42 Å². The van der Waals surface area contributed by atoms with Gasteiger partial charge in [0, 0.05) is 0 Å². The summed E-state index contributed by atoms with van der Waals surface area (Å²) < 4.78 is -1.04. The number of halogens is 3. The average Bonchev–Trinajstić information content (AvgIpc) is 2.35. The van der Waals surface area contributed by atoms with Crippen LogP contribution in [-0.2, 0) is 0 Å². The Labute approximate surface area is 135 Å². The van der Waals surface area contributed by atoms with Gasteiger partial charge in [-0.15, -0.1) is 0 Å². The molecule has 0 aliphatic carbocycles. The van der Waals surface area contributed by atoms with E-state index in [-0.39, 0.29) is 0 Å². The van der Waals surface area contributed by atoms with Gasteiger partial charge in [-0.3, -0.25) is 0 Å². The lowest BCUT2D eigenvalue weighted by atomic mass is 10.1. The Bertz CT molecular complexity index is 154. The van der Waals surface area contributed by atoms with Crippen LogP contribution in [0.15, 0.2) is 0 Å². The smallest absolute Gasteiger partial charge is 0.190 e. The molecular formula is C15H32Cl3N. The van der Waals surface area contributed by atoms with E-state index < -0.39 is 3.79 Å². The molecule has 0 amide bonds. The molecular weight excluding hydrogens is 301 g/mol. The van der Waals surface area contributed by atoms with E-state index in [9.17, 15) is 0 Å². The van der Waals surface area contributed by atoms with Crippen molar-refractivity contribution in [2.75, 3.05) is 6.54 Å². The molecule has 4 heteroatoms. The Kier molecular flexibility index (Phi) is 19.7. The third-order valence-electron chi connectivity index (χ3n) is 2.87. The first-order valence-corrected chi connectivity index (χ1v) is 8.88. The molecule has 0 aliphatic rings. The Morgan fingerprint density at radius 2 is 1.11 bits per heavy atom. The molecule has 0 aromatic rings. The highest BCUT2D eigenvalue weighted by Gasteiger charge is 2.17. The second kappa shape index (κ2) is 16.9. The minimum Gasteiger partial charge on any atom is -0.330 e. The van der Waals surface area contributed by atoms with Gasteiger partial charge in [0.05, 0.1) is 0 Å². The van der Waals surface area contributed by atoms with Gasteiger partial charge >= 0.3 is 0 Å². The maximum absolute atomic E-state index is 5.63. The van der Waals surface area contributed by atoms with Crippen molar-refractivity contribution in [3.05, 3.63) is 0 Å². The van der Waals surface area contributed by atoms with Crippen LogP contribution < -0.4 is 5.73 Å². The molecule has 0 heterocycles. The van der Waals surface area contributed by atoms with Crippen LogP contribution in [0.25, 0.3) is 0 Å². The van der Waals surface area contributed by atoms with Crippen molar-refractivity contribution in [2.24, 2.45) is 5.73 Å². The fourth-order valence-corrected chi connectivity index (χ4v) is 2.08. The number of unbranched alkanes of at least 4 members (excludes halogenated alkanes) is 8. The third kappa shape index (κ3) is 27.9. The monoisotopic (exact) mass is 331 g/mol. The zero-order valence-corrected chi connectivity index (χ0v) is 15.0. The lowest BCUT2D eigenvalue weighted by Crippen LogP contribution is -2.00. The standard InChI is InChI=1S/C10H19Cl3.C5H13N/c1-2-3-4-5-6-7-8-9-10(11,12)13;1-2-3-4-5-6/h2-9H2,1H3;2-6H2,1H3. The largest absolute Gasteiger partial charge is 0.330 e. The van der Waals surface area contributed by atoms with Crippen LogP contribution in [0.4, 0.5) is 0 Å². The van der Waals surface area contributed by atoms with E-state index in [1.165, 1.54) is 57.8 Å². The average molecular weight is 333 g/mol. The Morgan fingerprint density at radius 3 is 1.47 bits per heavy atom. The van der Waals surface area contributed by atoms with Gasteiger partial charge in [-0.1, -0.05) is 100 Å². The molecule has 19 heavy (non-hydrogen) atoms. The fraction of sp³-hybridized carbons (Fsp3) is 1.00. The molecule has 0 bridgehead atoms. The van der Waals surface area contributed by atoms with Crippen LogP contribution in [0.5, 0.6) is 0 Å². The van der Waals surface area contributed by atoms with Gasteiger partial charge in [0.15, 0.2) is 3.79 Å². The van der Waals surface area contributed by atoms with Gasteiger partial charge in [0.2, 0.25) is 0 Å². The fourth-order valence-electron chi connectivity index (χ4n) is 1.68. The topological polar surface area (TPSA) is 26.0 Å². The lowest BCUT2D eigenvalue weighted by molar-refractivity contribution is 0.578. The maximum atomic E-state index is 5.63. The molecule has 0 saturated carbocycles. The molecule has 0 aromatic heterocycles. The highest BCUT2D eigenvalue weighted by atomic mass is 35.6. The van der Waals surface area contributed by atoms with E-state index in [2.05, 4.69) is 13.8 Å². The Morgan fingerprint density at radius 1 is 0.684 bits per heavy atom. The lowest BCUT2D eigenvalue weighted by Gasteiger charge is -2.09. The second-order valence-electron chi connectivity index (χ2n) is 4.98. The van der Waals surface area contributed by atoms with Crippen LogP contribution in [0.1, 0.15) is 84.5 Å². The van der Waals surface area contributed by atoms with Gasteiger partial charge in [-0.25, -0.2) is 0 Å². The van der Waals surface area contributed by atoms with Crippen molar-refractivity contribution in [1.29, 1.82) is 0 Å². The molecule has 2 N–H and O–H groups in total. The summed E-state index contributed by atoms with van der Waals surface area (Å²) in [6.45, 7) is 5.26. The molecule has 0 rings (SSSR count). The summed E-state index contributed by atoms with van der Waals surface area (Å²) in [5, 5.41) is 0. The molecule has 0 aromatic carbocycles. The third-order valence-corrected chi connectivity index (χ3v) is 3.44. The normalized spacial score (nSPS) is 11.1. The summed E-state index contributed by atoms with van der Waals surface area (Å²) in [5.74, 6) is 0. The van der Waals surface area contributed by atoms with Gasteiger partial charge in [-0.05, 0) is 25.8 Å². The predicted octanol–water partition coefficient (Wildman–Crippen LogP) is 6.63. The van der Waals surface area contributed by atoms with Crippen LogP contribution in [0.2, 0.25) is 0 Å². The van der Waals surface area contributed by atoms with E-state index in [1.807, 2.05) is 0 Å². The Balaban J connectivity index is 0. The minimum atomic E-state index is -1.04. The molecule has 1 nitrogen and oxygen atoms in total. The van der Waals surface area contributed by atoms with Gasteiger partial charge < -0.3 is 5.73 Å². The summed E-state index contributed by atoms with van der Waals surface area (Å²) >= 11 is 16.9. The van der Waals surface area contributed by atoms with Crippen LogP contribution >= 0.6 is 34.8 Å². The number of nitrogens with two attached hydrogens (primary N) is 1. The molecule has 0 fully saturated rings. The van der Waals surface area contributed by atoms with Crippen molar-refractivity contribution >= 4 is 34.8 Å². The second-order valence-corrected chi connectivity index (χ2v) is 7.50. The quantitative estimate of drug-likeness (QED) is 0.352. The van der Waals surface area contributed by atoms with Gasteiger partial charge in [0.25, 0.3) is 0 Å². The number of alkyl halides is 3. The highest BCUT2D eigenvalue weighted by molar-refractivity contribution is 6.67. The summed E-state index contributed by atoms with van der Waals surface area (Å²) in [6, 6.07) is 0. The van der Waals surface area contributed by atoms with E-state index in [1.54, 1.807) is 0 Å². The van der Waals surface area contributed by atoms with E-state index >= 15 is 0 Å². The molecule has 0 radical (unpaired) electrons. The number of hydrogen-bond acceptors (Lipinski definition) is 1. The molecule has 0 saturated heterocycles. The van der Waals surface area contributed by atoms with Gasteiger partial charge in [0.1, 0.15) is 0 Å². The van der Waals surface area contributed by atoms with E-state index in [0.717, 1.165) is 13.0 Å². The van der Waals surface area contributed by atoms with Crippen molar-refractivity contribution in [3.63, 3.8) is 0 Å². The number of rotatable bonds is 10. The van der Waals surface area contributed by atoms with Crippen molar-refractivity contribution in [3.8, 4) is 0 Å². The maximum Gasteiger partial charge on any atom is 0.190 e. The predicted molar refractivity (Wildman–Crippen MR) is 91.5 cm³/mol. The minimum absolute atomic E-state index is 0.686. The Hall–Kier alpha value is 0.830. The van der Waals surface area contributed by atoms with Crippen LogP contribution in [-0.4, -0.2) is 10.3 Å². The first-order chi connectivity index (χ1) is 8.97. The summed E-state index contributed by atoms with van der Waals surface area (Å²) in [5.41, 5.74) is 5.21. The SMILES string of the molecule is CCCCCCCCCC(Cl)(Cl)Cl.CCCCCN. The first-order valence-electron chi connectivity index (χ1n) is 7.74. The molecule has 0 spiro atoms. The van der Waals surface area contributed by atoms with Crippen LogP contribution in [0, 0.1) is 0 Å². The molecule has 0 atom stereocenters. The first kappa shape index (κ1) is 22.1. The summed E-state index contributed by atoms with van der Waals surface area (Å²) in [4.78, 5) is 0. The van der Waals surface area contributed by atoms with Crippen molar-refractivity contribution in [1.82, 2.24) is 0 Å². The number of hydrogen-bond donors (Lipinski definition) is 1. The molecule has 118 valence electrons. The highest BCUT2D eigenvalue weighted by Crippen LogP contribution is 2.32. The van der Waals surface area contributed by atoms with Crippen LogP contribution in [0.3, 0.4) is 0 Å². The molecule has 0 unspecified atom stereocenters. The van der Waals surface area contributed by atoms with Crippen molar-refractivity contribution < 1.29 is 0 Å². The zero-order valence-electron chi connectivity index (χ0n) is 12.7. The van der Waals surface area contributed by atoms with Crippen molar-refractivity contribution in [2.45, 2.75) is 88.3 Å². The summed E-state index contributed by atoms with van der Waals surface area (Å²) in [6.07, 6.45) is 13.3. The molecule has 0 aliphatic heterocycles. The van der Waals surface area contributed by atoms with E-state index in [4.69, 9.17) is 40.5 Å². The zero-order chi connectivity index (χ0) is 15.0.